The Morgan fingerprint density at radius 3 is 2.11 bits per heavy atom. The molecule has 28 heavy (non-hydrogen) atoms. The van der Waals surface area contributed by atoms with Crippen molar-refractivity contribution >= 4 is 15.7 Å². The zero-order chi connectivity index (χ0) is 19.7. The van der Waals surface area contributed by atoms with E-state index in [0.717, 1.165) is 25.7 Å². The molecule has 1 N–H and O–H groups in total. The fraction of sp³-hybridized carbons (Fsp3) is 0.682. The van der Waals surface area contributed by atoms with Gasteiger partial charge in [0.05, 0.1) is 11.4 Å². The molecule has 0 radical (unpaired) electrons. The maximum absolute atomic E-state index is 13.2. The molecule has 4 aliphatic carbocycles. The van der Waals surface area contributed by atoms with E-state index in [-0.39, 0.29) is 17.4 Å². The van der Waals surface area contributed by atoms with Gasteiger partial charge in [-0.15, -0.1) is 0 Å². The molecule has 0 aromatic heterocycles. The van der Waals surface area contributed by atoms with Gasteiger partial charge in [0.15, 0.2) is 9.84 Å². The number of likely N-dealkylation sites (tertiary alicyclic amines) is 1. The van der Waals surface area contributed by atoms with Crippen molar-refractivity contribution in [3.8, 4) is 0 Å². The molecule has 4 bridgehead atoms. The van der Waals surface area contributed by atoms with Crippen molar-refractivity contribution < 1.29 is 18.3 Å². The van der Waals surface area contributed by atoms with E-state index in [9.17, 15) is 18.3 Å². The first-order chi connectivity index (χ1) is 13.3. The average Bonchev–Trinajstić information content (AvgIpc) is 2.58. The largest absolute Gasteiger partial charge is 0.393 e. The Hall–Kier alpha value is -1.40. The Labute approximate surface area is 167 Å². The van der Waals surface area contributed by atoms with Crippen LogP contribution in [0.2, 0.25) is 0 Å². The summed E-state index contributed by atoms with van der Waals surface area (Å²) in [6.07, 6.45) is 5.57. The molecule has 0 unspecified atom stereocenters. The third-order valence-electron chi connectivity index (χ3n) is 8.33. The minimum Gasteiger partial charge on any atom is -0.393 e. The summed E-state index contributed by atoms with van der Waals surface area (Å²) in [4.78, 5) is 14.9. The van der Waals surface area contributed by atoms with E-state index in [0.29, 0.717) is 43.2 Å². The number of carbonyl (C=O) groups excluding carboxylic acids is 1. The topological polar surface area (TPSA) is 74.7 Å². The van der Waals surface area contributed by atoms with Crippen LogP contribution in [0.4, 0.5) is 0 Å². The summed E-state index contributed by atoms with van der Waals surface area (Å²) >= 11 is 0. The average molecular weight is 404 g/mol. The number of nitrogens with zero attached hydrogens (tertiary/aromatic N) is 1. The molecule has 5 aliphatic rings. The minimum absolute atomic E-state index is 0.0942. The molecule has 1 aromatic carbocycles. The van der Waals surface area contributed by atoms with Gasteiger partial charge < -0.3 is 10.0 Å². The second-order valence-electron chi connectivity index (χ2n) is 9.68. The van der Waals surface area contributed by atoms with Crippen molar-refractivity contribution in [2.24, 2.45) is 23.7 Å². The monoisotopic (exact) mass is 403 g/mol. The number of aliphatic hydroxyl groups is 1. The molecule has 6 heteroatoms. The number of sulfone groups is 1. The summed E-state index contributed by atoms with van der Waals surface area (Å²) in [6.45, 7) is 0.670. The van der Waals surface area contributed by atoms with Crippen molar-refractivity contribution in [1.82, 2.24) is 4.90 Å². The third kappa shape index (κ3) is 2.67. The molecule has 4 saturated carbocycles. The van der Waals surface area contributed by atoms with Gasteiger partial charge in [-0.05, 0) is 54.9 Å². The van der Waals surface area contributed by atoms with Gasteiger partial charge in [0.25, 0.3) is 0 Å². The zero-order valence-corrected chi connectivity index (χ0v) is 17.1. The second-order valence-corrected chi connectivity index (χ2v) is 12.0. The number of amides is 1. The molecule has 5 nitrogen and oxygen atoms in total. The van der Waals surface area contributed by atoms with Gasteiger partial charge in [-0.3, -0.25) is 4.79 Å². The van der Waals surface area contributed by atoms with E-state index in [1.165, 1.54) is 11.8 Å². The number of aliphatic hydroxyl groups excluding tert-OH is 1. The summed E-state index contributed by atoms with van der Waals surface area (Å²) in [5.41, 5.74) is 1.09. The van der Waals surface area contributed by atoms with Crippen LogP contribution in [-0.4, -0.2) is 55.0 Å². The van der Waals surface area contributed by atoms with Gasteiger partial charge in [0.1, 0.15) is 0 Å². The van der Waals surface area contributed by atoms with Crippen molar-refractivity contribution in [2.75, 3.05) is 19.3 Å². The van der Waals surface area contributed by atoms with Gasteiger partial charge in [-0.2, -0.15) is 0 Å². The molecule has 1 aromatic rings. The molecule has 152 valence electrons. The zero-order valence-electron chi connectivity index (χ0n) is 16.3. The van der Waals surface area contributed by atoms with E-state index in [1.807, 2.05) is 6.07 Å². The Kier molecular flexibility index (Phi) is 4.19. The van der Waals surface area contributed by atoms with Crippen molar-refractivity contribution in [2.45, 2.75) is 48.9 Å². The van der Waals surface area contributed by atoms with Crippen LogP contribution in [0, 0.1) is 23.7 Å². The van der Waals surface area contributed by atoms with Gasteiger partial charge >= 0.3 is 0 Å². The Morgan fingerprint density at radius 2 is 1.61 bits per heavy atom. The minimum atomic E-state index is -3.08. The molecule has 1 amide bonds. The lowest BCUT2D eigenvalue weighted by Crippen LogP contribution is -2.63. The van der Waals surface area contributed by atoms with E-state index in [2.05, 4.69) is 24.3 Å². The van der Waals surface area contributed by atoms with Crippen LogP contribution in [0.3, 0.4) is 0 Å². The van der Waals surface area contributed by atoms with Crippen molar-refractivity contribution in [1.29, 1.82) is 0 Å². The van der Waals surface area contributed by atoms with Crippen LogP contribution in [0.15, 0.2) is 30.3 Å². The predicted octanol–water partition coefficient (Wildman–Crippen LogP) is 2.00. The number of rotatable bonds is 4. The predicted molar refractivity (Wildman–Crippen MR) is 106 cm³/mol. The molecule has 1 heterocycles. The van der Waals surface area contributed by atoms with E-state index >= 15 is 0 Å². The van der Waals surface area contributed by atoms with Gasteiger partial charge in [0.2, 0.25) is 5.91 Å². The van der Waals surface area contributed by atoms with Gasteiger partial charge in [-0.25, -0.2) is 8.42 Å². The molecule has 6 rings (SSSR count). The Balaban J connectivity index is 1.44. The first-order valence-electron chi connectivity index (χ1n) is 10.5. The second kappa shape index (κ2) is 6.30. The van der Waals surface area contributed by atoms with Gasteiger partial charge in [-0.1, -0.05) is 30.3 Å². The fourth-order valence-electron chi connectivity index (χ4n) is 6.85. The summed E-state index contributed by atoms with van der Waals surface area (Å²) in [5, 5.41) is 10.2. The first-order valence-corrected chi connectivity index (χ1v) is 12.4. The number of carbonyl (C=O) groups is 1. The fourth-order valence-corrected chi connectivity index (χ4v) is 7.75. The highest BCUT2D eigenvalue weighted by molar-refractivity contribution is 7.91. The highest BCUT2D eigenvalue weighted by atomic mass is 32.2. The molecule has 0 atom stereocenters. The Bertz CT molecular complexity index is 845. The lowest BCUT2D eigenvalue weighted by Gasteiger charge is -2.63. The maximum atomic E-state index is 13.2. The molecule has 5 fully saturated rings. The molecule has 1 saturated heterocycles. The number of hydrogen-bond acceptors (Lipinski definition) is 4. The summed E-state index contributed by atoms with van der Waals surface area (Å²) in [5.74, 6) is 1.71. The lowest BCUT2D eigenvalue weighted by molar-refractivity contribution is -0.154. The van der Waals surface area contributed by atoms with Crippen LogP contribution in [0.25, 0.3) is 0 Å². The quantitative estimate of drug-likeness (QED) is 0.834. The lowest BCUT2D eigenvalue weighted by atomic mass is 9.42. The normalized spacial score (nSPS) is 39.8. The molecular formula is C22H29NO4S. The van der Waals surface area contributed by atoms with Crippen molar-refractivity contribution in [3.63, 3.8) is 0 Å². The SMILES string of the molecule is CS(=O)(=O)C1CN(C(=O)CC2(c3ccccc3)C3CC4CC2CC(C3)C4O)C1. The van der Waals surface area contributed by atoms with Crippen LogP contribution in [0.5, 0.6) is 0 Å². The number of hydrogen-bond donors (Lipinski definition) is 1. The van der Waals surface area contributed by atoms with E-state index in [1.54, 1.807) is 4.90 Å². The van der Waals surface area contributed by atoms with Gasteiger partial charge in [0, 0.05) is 31.2 Å². The molecule has 1 aliphatic heterocycles. The van der Waals surface area contributed by atoms with Crippen LogP contribution < -0.4 is 0 Å². The standard InChI is InChI=1S/C22H29NO4S/c1-28(26,27)19-12-23(13-19)20(24)11-22(16-5-3-2-4-6-16)17-7-14-8-18(22)10-15(9-17)21(14)25/h2-6,14-15,17-19,21,25H,7-13H2,1H3. The highest BCUT2D eigenvalue weighted by Gasteiger charge is 2.61. The van der Waals surface area contributed by atoms with Crippen LogP contribution in [-0.2, 0) is 20.0 Å². The van der Waals surface area contributed by atoms with Crippen molar-refractivity contribution in [3.05, 3.63) is 35.9 Å². The third-order valence-corrected chi connectivity index (χ3v) is 9.84. The number of benzene rings is 1. The first kappa shape index (κ1) is 18.6. The summed E-state index contributed by atoms with van der Waals surface area (Å²) in [6, 6.07) is 10.5. The summed E-state index contributed by atoms with van der Waals surface area (Å²) in [7, 11) is -3.08. The Morgan fingerprint density at radius 1 is 1.07 bits per heavy atom. The summed E-state index contributed by atoms with van der Waals surface area (Å²) < 4.78 is 23.5. The highest BCUT2D eigenvalue weighted by Crippen LogP contribution is 2.64. The van der Waals surface area contributed by atoms with Crippen LogP contribution >= 0.6 is 0 Å². The molecule has 0 spiro atoms. The smallest absolute Gasteiger partial charge is 0.223 e. The maximum Gasteiger partial charge on any atom is 0.223 e. The van der Waals surface area contributed by atoms with E-state index < -0.39 is 15.1 Å². The van der Waals surface area contributed by atoms with Crippen LogP contribution in [0.1, 0.15) is 37.7 Å². The molecular weight excluding hydrogens is 374 g/mol. The van der Waals surface area contributed by atoms with E-state index in [4.69, 9.17) is 0 Å².